The first-order valence-corrected chi connectivity index (χ1v) is 7.72. The SMILES string of the molecule is CCNC(CC(C)CC(C)(C)C)c1cc(C)ccc1F. The van der Waals surface area contributed by atoms with Crippen LogP contribution in [-0.2, 0) is 0 Å². The van der Waals surface area contributed by atoms with Crippen molar-refractivity contribution < 1.29 is 4.39 Å². The second kappa shape index (κ2) is 7.21. The second-order valence-electron chi connectivity index (χ2n) is 7.24. The zero-order valence-corrected chi connectivity index (χ0v) is 13.9. The molecule has 0 fully saturated rings. The fourth-order valence-electron chi connectivity index (χ4n) is 3.03. The molecule has 2 heteroatoms. The van der Waals surface area contributed by atoms with Crippen LogP contribution in [0, 0.1) is 24.1 Å². The molecule has 0 heterocycles. The molecule has 0 saturated heterocycles. The average Bonchev–Trinajstić information content (AvgIpc) is 2.29. The van der Waals surface area contributed by atoms with Gasteiger partial charge in [0.1, 0.15) is 5.82 Å². The lowest BCUT2D eigenvalue weighted by molar-refractivity contribution is 0.275. The third kappa shape index (κ3) is 5.62. The minimum Gasteiger partial charge on any atom is -0.310 e. The van der Waals surface area contributed by atoms with Crippen LogP contribution in [0.5, 0.6) is 0 Å². The third-order valence-electron chi connectivity index (χ3n) is 3.58. The third-order valence-corrected chi connectivity index (χ3v) is 3.58. The van der Waals surface area contributed by atoms with Gasteiger partial charge in [-0.15, -0.1) is 0 Å². The summed E-state index contributed by atoms with van der Waals surface area (Å²) in [5, 5.41) is 3.44. The van der Waals surface area contributed by atoms with Crippen molar-refractivity contribution in [2.75, 3.05) is 6.54 Å². The van der Waals surface area contributed by atoms with Gasteiger partial charge in [-0.25, -0.2) is 4.39 Å². The van der Waals surface area contributed by atoms with E-state index in [4.69, 9.17) is 0 Å². The molecule has 1 aromatic rings. The number of hydrogen-bond acceptors (Lipinski definition) is 1. The Morgan fingerprint density at radius 2 is 1.90 bits per heavy atom. The maximum Gasteiger partial charge on any atom is 0.127 e. The van der Waals surface area contributed by atoms with E-state index in [1.54, 1.807) is 6.07 Å². The molecule has 1 N–H and O–H groups in total. The fourth-order valence-corrected chi connectivity index (χ4v) is 3.03. The summed E-state index contributed by atoms with van der Waals surface area (Å²) in [7, 11) is 0. The lowest BCUT2D eigenvalue weighted by Crippen LogP contribution is -2.25. The van der Waals surface area contributed by atoms with E-state index in [1.165, 1.54) is 0 Å². The summed E-state index contributed by atoms with van der Waals surface area (Å²) in [5.74, 6) is 0.475. The summed E-state index contributed by atoms with van der Waals surface area (Å²) in [4.78, 5) is 0. The Labute approximate surface area is 124 Å². The zero-order chi connectivity index (χ0) is 15.3. The largest absolute Gasteiger partial charge is 0.310 e. The Kier molecular flexibility index (Phi) is 6.19. The topological polar surface area (TPSA) is 12.0 Å². The Morgan fingerprint density at radius 3 is 2.45 bits per heavy atom. The van der Waals surface area contributed by atoms with E-state index < -0.39 is 0 Å². The van der Waals surface area contributed by atoms with E-state index in [1.807, 2.05) is 19.1 Å². The van der Waals surface area contributed by atoms with E-state index in [2.05, 4.69) is 39.9 Å². The van der Waals surface area contributed by atoms with Crippen molar-refractivity contribution in [3.05, 3.63) is 35.1 Å². The average molecular weight is 279 g/mol. The molecule has 0 spiro atoms. The molecule has 2 atom stereocenters. The maximum atomic E-state index is 14.1. The highest BCUT2D eigenvalue weighted by Gasteiger charge is 2.21. The van der Waals surface area contributed by atoms with E-state index in [0.717, 1.165) is 30.5 Å². The van der Waals surface area contributed by atoms with Crippen LogP contribution in [0.4, 0.5) is 4.39 Å². The van der Waals surface area contributed by atoms with Crippen LogP contribution < -0.4 is 5.32 Å². The van der Waals surface area contributed by atoms with Crippen LogP contribution in [0.2, 0.25) is 0 Å². The number of hydrogen-bond donors (Lipinski definition) is 1. The molecule has 20 heavy (non-hydrogen) atoms. The van der Waals surface area contributed by atoms with Gasteiger partial charge in [0.25, 0.3) is 0 Å². The molecule has 0 aliphatic heterocycles. The highest BCUT2D eigenvalue weighted by molar-refractivity contribution is 5.27. The van der Waals surface area contributed by atoms with Gasteiger partial charge in [0, 0.05) is 11.6 Å². The van der Waals surface area contributed by atoms with Gasteiger partial charge in [0.05, 0.1) is 0 Å². The molecule has 1 rings (SSSR count). The standard InChI is InChI=1S/C18H30FN/c1-7-20-17(11-14(3)12-18(4,5)6)15-10-13(2)8-9-16(15)19/h8-10,14,17,20H,7,11-12H2,1-6H3. The number of aryl methyl sites for hydroxylation is 1. The van der Waals surface area contributed by atoms with Gasteiger partial charge in [0.15, 0.2) is 0 Å². The van der Waals surface area contributed by atoms with Gasteiger partial charge in [0.2, 0.25) is 0 Å². The molecule has 0 amide bonds. The van der Waals surface area contributed by atoms with Crippen LogP contribution in [0.3, 0.4) is 0 Å². The second-order valence-corrected chi connectivity index (χ2v) is 7.24. The molecule has 1 nitrogen and oxygen atoms in total. The fraction of sp³-hybridized carbons (Fsp3) is 0.667. The molecule has 0 saturated carbocycles. The van der Waals surface area contributed by atoms with Crippen molar-refractivity contribution in [2.45, 2.75) is 60.4 Å². The van der Waals surface area contributed by atoms with Gasteiger partial charge in [-0.2, -0.15) is 0 Å². The summed E-state index contributed by atoms with van der Waals surface area (Å²) in [5.41, 5.74) is 2.25. The summed E-state index contributed by atoms with van der Waals surface area (Å²) in [6.07, 6.45) is 2.13. The van der Waals surface area contributed by atoms with Crippen LogP contribution in [-0.4, -0.2) is 6.54 Å². The minimum atomic E-state index is -0.0930. The molecule has 0 bridgehead atoms. The quantitative estimate of drug-likeness (QED) is 0.750. The van der Waals surface area contributed by atoms with Crippen molar-refractivity contribution >= 4 is 0 Å². The van der Waals surface area contributed by atoms with E-state index in [-0.39, 0.29) is 11.9 Å². The molecule has 0 radical (unpaired) electrons. The van der Waals surface area contributed by atoms with Gasteiger partial charge < -0.3 is 5.32 Å². The molecule has 2 unspecified atom stereocenters. The van der Waals surface area contributed by atoms with Crippen molar-refractivity contribution in [3.8, 4) is 0 Å². The van der Waals surface area contributed by atoms with Crippen molar-refractivity contribution in [1.82, 2.24) is 5.32 Å². The molecule has 0 aliphatic rings. The van der Waals surface area contributed by atoms with Gasteiger partial charge in [-0.05, 0) is 43.7 Å². The molecule has 0 aromatic heterocycles. The van der Waals surface area contributed by atoms with Crippen molar-refractivity contribution in [2.24, 2.45) is 11.3 Å². The Bertz CT molecular complexity index is 420. The van der Waals surface area contributed by atoms with E-state index in [0.29, 0.717) is 11.3 Å². The molecular formula is C18H30FN. The predicted octanol–water partition coefficient (Wildman–Crippen LogP) is 5.25. The first kappa shape index (κ1) is 17.2. The first-order valence-electron chi connectivity index (χ1n) is 7.72. The number of rotatable bonds is 6. The molecular weight excluding hydrogens is 249 g/mol. The normalized spacial score (nSPS) is 15.2. The zero-order valence-electron chi connectivity index (χ0n) is 13.9. The Hall–Kier alpha value is -0.890. The lowest BCUT2D eigenvalue weighted by Gasteiger charge is -2.27. The monoisotopic (exact) mass is 279 g/mol. The first-order chi connectivity index (χ1) is 9.23. The van der Waals surface area contributed by atoms with Crippen molar-refractivity contribution in [1.29, 1.82) is 0 Å². The van der Waals surface area contributed by atoms with Crippen LogP contribution in [0.1, 0.15) is 64.6 Å². The summed E-state index contributed by atoms with van der Waals surface area (Å²) < 4.78 is 14.1. The van der Waals surface area contributed by atoms with Gasteiger partial charge in [-0.3, -0.25) is 0 Å². The summed E-state index contributed by atoms with van der Waals surface area (Å²) >= 11 is 0. The van der Waals surface area contributed by atoms with Crippen LogP contribution in [0.25, 0.3) is 0 Å². The highest BCUT2D eigenvalue weighted by Crippen LogP contribution is 2.31. The smallest absolute Gasteiger partial charge is 0.127 e. The molecule has 114 valence electrons. The van der Waals surface area contributed by atoms with Crippen molar-refractivity contribution in [3.63, 3.8) is 0 Å². The van der Waals surface area contributed by atoms with Gasteiger partial charge in [-0.1, -0.05) is 52.3 Å². The van der Waals surface area contributed by atoms with E-state index >= 15 is 0 Å². The van der Waals surface area contributed by atoms with Crippen LogP contribution >= 0.6 is 0 Å². The van der Waals surface area contributed by atoms with Crippen LogP contribution in [0.15, 0.2) is 18.2 Å². The predicted molar refractivity (Wildman–Crippen MR) is 85.4 cm³/mol. The Balaban J connectivity index is 2.86. The number of benzene rings is 1. The number of halogens is 1. The molecule has 1 aromatic carbocycles. The Morgan fingerprint density at radius 1 is 1.25 bits per heavy atom. The summed E-state index contributed by atoms with van der Waals surface area (Å²) in [6.45, 7) is 14.0. The minimum absolute atomic E-state index is 0.0930. The van der Waals surface area contributed by atoms with Gasteiger partial charge >= 0.3 is 0 Å². The van der Waals surface area contributed by atoms with E-state index in [9.17, 15) is 4.39 Å². The summed E-state index contributed by atoms with van der Waals surface area (Å²) in [6, 6.07) is 5.51. The number of nitrogens with one attached hydrogen (secondary N) is 1. The maximum absolute atomic E-state index is 14.1. The lowest BCUT2D eigenvalue weighted by atomic mass is 9.82. The molecule has 0 aliphatic carbocycles. The highest BCUT2D eigenvalue weighted by atomic mass is 19.1.